The number of amides is 1. The van der Waals surface area contributed by atoms with Crippen molar-refractivity contribution in [2.45, 2.75) is 29.4 Å². The number of thioether (sulfide) groups is 1. The first-order valence-corrected chi connectivity index (χ1v) is 13.1. The number of aromatic nitrogens is 5. The van der Waals surface area contributed by atoms with Crippen molar-refractivity contribution >= 4 is 23.3 Å². The lowest BCUT2D eigenvalue weighted by Gasteiger charge is -2.31. The quantitative estimate of drug-likeness (QED) is 0.318. The highest BCUT2D eigenvalue weighted by molar-refractivity contribution is 7.98. The van der Waals surface area contributed by atoms with E-state index < -0.39 is 0 Å². The van der Waals surface area contributed by atoms with Crippen LogP contribution < -0.4 is 0 Å². The molecule has 2 aromatic carbocycles. The largest absolute Gasteiger partial charge is 0.339 e. The third-order valence-corrected chi connectivity index (χ3v) is 7.65. The lowest BCUT2D eigenvalue weighted by Crippen LogP contribution is -2.38. The molecule has 1 fully saturated rings. The highest BCUT2D eigenvalue weighted by Crippen LogP contribution is 2.28. The van der Waals surface area contributed by atoms with Crippen LogP contribution in [0.3, 0.4) is 0 Å². The van der Waals surface area contributed by atoms with Crippen molar-refractivity contribution in [1.29, 1.82) is 0 Å². The van der Waals surface area contributed by atoms with E-state index in [0.29, 0.717) is 0 Å². The van der Waals surface area contributed by atoms with E-state index in [0.717, 1.165) is 70.7 Å². The first-order valence-electron chi connectivity index (χ1n) is 12.2. The zero-order chi connectivity index (χ0) is 24.3. The van der Waals surface area contributed by atoms with Crippen LogP contribution in [0.1, 0.15) is 40.6 Å². The zero-order valence-electron chi connectivity index (χ0n) is 19.7. The standard InChI is InChI=1S/C28H26N6OS/c35-28(22-9-11-24(12-10-22)36-19-23-18-34-15-5-4-8-25(34)29-23)33-16-13-21(14-17-33)27-30-26(31-32-27)20-6-2-1-3-7-20/h1-12,15,18,21H,13-14,16-17,19H2,(H,30,31,32). The van der Waals surface area contributed by atoms with E-state index in [2.05, 4.69) is 21.4 Å². The van der Waals surface area contributed by atoms with E-state index >= 15 is 0 Å². The number of hydrogen-bond donors (Lipinski definition) is 1. The smallest absolute Gasteiger partial charge is 0.253 e. The summed E-state index contributed by atoms with van der Waals surface area (Å²) in [7, 11) is 0. The number of carbonyl (C=O) groups is 1. The van der Waals surface area contributed by atoms with E-state index in [4.69, 9.17) is 4.98 Å². The summed E-state index contributed by atoms with van der Waals surface area (Å²) in [6.07, 6.45) is 5.82. The van der Waals surface area contributed by atoms with E-state index in [9.17, 15) is 4.79 Å². The van der Waals surface area contributed by atoms with Crippen LogP contribution in [0.25, 0.3) is 17.0 Å². The second-order valence-corrected chi connectivity index (χ2v) is 10.0. The summed E-state index contributed by atoms with van der Waals surface area (Å²) in [5.41, 5.74) is 3.73. The summed E-state index contributed by atoms with van der Waals surface area (Å²) < 4.78 is 2.03. The number of rotatable bonds is 6. The molecule has 3 aromatic heterocycles. The molecule has 6 rings (SSSR count). The second-order valence-electron chi connectivity index (χ2n) is 8.99. The summed E-state index contributed by atoms with van der Waals surface area (Å²) in [6, 6.07) is 23.9. The Morgan fingerprint density at radius 1 is 0.944 bits per heavy atom. The molecule has 36 heavy (non-hydrogen) atoms. The van der Waals surface area contributed by atoms with Gasteiger partial charge in [-0.15, -0.1) is 11.8 Å². The maximum Gasteiger partial charge on any atom is 0.253 e. The number of carbonyl (C=O) groups excluding carboxylic acids is 1. The average Bonchev–Trinajstić information content (AvgIpc) is 3.60. The highest BCUT2D eigenvalue weighted by atomic mass is 32.2. The van der Waals surface area contributed by atoms with Crippen LogP contribution in [-0.2, 0) is 5.75 Å². The van der Waals surface area contributed by atoms with Crippen molar-refractivity contribution < 1.29 is 4.79 Å². The number of benzene rings is 2. The molecule has 1 saturated heterocycles. The van der Waals surface area contributed by atoms with Crippen LogP contribution in [0.2, 0.25) is 0 Å². The molecule has 180 valence electrons. The maximum absolute atomic E-state index is 13.1. The van der Waals surface area contributed by atoms with Crippen molar-refractivity contribution in [3.8, 4) is 11.4 Å². The fraction of sp³-hybridized carbons (Fsp3) is 0.214. The molecule has 4 heterocycles. The number of piperidine rings is 1. The molecule has 0 atom stereocenters. The molecule has 1 aliphatic rings. The maximum atomic E-state index is 13.1. The monoisotopic (exact) mass is 494 g/mol. The van der Waals surface area contributed by atoms with Gasteiger partial charge in [-0.1, -0.05) is 36.4 Å². The number of fused-ring (bicyclic) bond motifs is 1. The van der Waals surface area contributed by atoms with Gasteiger partial charge in [0.05, 0.1) is 5.69 Å². The van der Waals surface area contributed by atoms with E-state index in [1.165, 1.54) is 0 Å². The normalized spacial score (nSPS) is 14.4. The predicted molar refractivity (Wildman–Crippen MR) is 141 cm³/mol. The number of imidazole rings is 1. The Labute approximate surface area is 213 Å². The summed E-state index contributed by atoms with van der Waals surface area (Å²) in [5.74, 6) is 2.80. The van der Waals surface area contributed by atoms with Crippen molar-refractivity contribution in [2.24, 2.45) is 0 Å². The molecule has 0 spiro atoms. The van der Waals surface area contributed by atoms with E-state index in [-0.39, 0.29) is 11.8 Å². The Morgan fingerprint density at radius 2 is 1.72 bits per heavy atom. The van der Waals surface area contributed by atoms with Gasteiger partial charge in [0.1, 0.15) is 11.5 Å². The SMILES string of the molecule is O=C(c1ccc(SCc2cn3ccccc3n2)cc1)N1CCC(c2nc(-c3ccccc3)n[nH]2)CC1. The van der Waals surface area contributed by atoms with Crippen molar-refractivity contribution in [3.05, 3.63) is 102 Å². The van der Waals surface area contributed by atoms with Crippen LogP contribution >= 0.6 is 11.8 Å². The van der Waals surface area contributed by atoms with Crippen molar-refractivity contribution in [3.63, 3.8) is 0 Å². The van der Waals surface area contributed by atoms with Crippen LogP contribution in [0.15, 0.2) is 90.1 Å². The molecule has 0 aliphatic carbocycles. The van der Waals surface area contributed by atoms with Crippen LogP contribution in [0.5, 0.6) is 0 Å². The molecular formula is C28H26N6OS. The molecule has 1 amide bonds. The molecule has 7 nitrogen and oxygen atoms in total. The average molecular weight is 495 g/mol. The number of pyridine rings is 1. The summed E-state index contributed by atoms with van der Waals surface area (Å²) >= 11 is 1.73. The predicted octanol–water partition coefficient (Wildman–Crippen LogP) is 5.43. The third-order valence-electron chi connectivity index (χ3n) is 6.61. The van der Waals surface area contributed by atoms with Gasteiger partial charge < -0.3 is 9.30 Å². The second kappa shape index (κ2) is 9.99. The Hall–Kier alpha value is -3.91. The molecule has 0 radical (unpaired) electrons. The van der Waals surface area contributed by atoms with Crippen LogP contribution in [-0.4, -0.2) is 48.5 Å². The van der Waals surface area contributed by atoms with Crippen molar-refractivity contribution in [2.75, 3.05) is 13.1 Å². The number of likely N-dealkylation sites (tertiary alicyclic amines) is 1. The van der Waals surface area contributed by atoms with Gasteiger partial charge in [-0.05, 0) is 49.2 Å². The van der Waals surface area contributed by atoms with Crippen molar-refractivity contribution in [1.82, 2.24) is 29.5 Å². The first-order chi connectivity index (χ1) is 17.7. The van der Waals surface area contributed by atoms with Gasteiger partial charge in [-0.2, -0.15) is 5.10 Å². The number of hydrogen-bond acceptors (Lipinski definition) is 5. The zero-order valence-corrected chi connectivity index (χ0v) is 20.6. The highest BCUT2D eigenvalue weighted by Gasteiger charge is 2.26. The Balaban J connectivity index is 1.03. The van der Waals surface area contributed by atoms with Crippen LogP contribution in [0.4, 0.5) is 0 Å². The van der Waals surface area contributed by atoms with E-state index in [1.807, 2.05) is 88.3 Å². The number of nitrogens with zero attached hydrogens (tertiary/aromatic N) is 5. The number of aromatic amines is 1. The summed E-state index contributed by atoms with van der Waals surface area (Å²) in [4.78, 5) is 25.5. The molecule has 5 aromatic rings. The molecule has 0 unspecified atom stereocenters. The third kappa shape index (κ3) is 4.77. The lowest BCUT2D eigenvalue weighted by atomic mass is 9.95. The molecule has 1 aliphatic heterocycles. The van der Waals surface area contributed by atoms with Gasteiger partial charge in [0.2, 0.25) is 0 Å². The van der Waals surface area contributed by atoms with Gasteiger partial charge in [0, 0.05) is 53.2 Å². The van der Waals surface area contributed by atoms with Gasteiger partial charge in [-0.25, -0.2) is 9.97 Å². The summed E-state index contributed by atoms with van der Waals surface area (Å²) in [5, 5.41) is 7.51. The molecule has 0 saturated carbocycles. The van der Waals surface area contributed by atoms with E-state index in [1.54, 1.807) is 11.8 Å². The lowest BCUT2D eigenvalue weighted by molar-refractivity contribution is 0.0711. The van der Waals surface area contributed by atoms with Gasteiger partial charge in [-0.3, -0.25) is 9.89 Å². The Bertz CT molecular complexity index is 1440. The summed E-state index contributed by atoms with van der Waals surface area (Å²) in [6.45, 7) is 1.44. The fourth-order valence-corrected chi connectivity index (χ4v) is 5.40. The minimum absolute atomic E-state index is 0.0906. The minimum Gasteiger partial charge on any atom is -0.339 e. The van der Waals surface area contributed by atoms with Gasteiger partial charge >= 0.3 is 0 Å². The molecule has 0 bridgehead atoms. The topological polar surface area (TPSA) is 79.2 Å². The Kier molecular flexibility index (Phi) is 6.26. The first kappa shape index (κ1) is 22.5. The minimum atomic E-state index is 0.0906. The number of nitrogens with one attached hydrogen (secondary N) is 1. The Morgan fingerprint density at radius 3 is 2.50 bits per heavy atom. The molecule has 8 heteroatoms. The fourth-order valence-electron chi connectivity index (χ4n) is 4.62. The van der Waals surface area contributed by atoms with Gasteiger partial charge in [0.25, 0.3) is 5.91 Å². The molecule has 1 N–H and O–H groups in total. The number of H-pyrrole nitrogens is 1. The van der Waals surface area contributed by atoms with Crippen LogP contribution in [0, 0.1) is 0 Å². The molecular weight excluding hydrogens is 468 g/mol. The van der Waals surface area contributed by atoms with Gasteiger partial charge in [0.15, 0.2) is 5.82 Å².